The zero-order valence-corrected chi connectivity index (χ0v) is 21.3. The molecule has 3 aromatic rings. The summed E-state index contributed by atoms with van der Waals surface area (Å²) in [7, 11) is 5.27. The van der Waals surface area contributed by atoms with Crippen molar-refractivity contribution in [3.63, 3.8) is 0 Å². The predicted molar refractivity (Wildman–Crippen MR) is 137 cm³/mol. The molecule has 0 unspecified atom stereocenters. The van der Waals surface area contributed by atoms with Crippen LogP contribution >= 0.6 is 0 Å². The Labute approximate surface area is 214 Å². The maximum absolute atomic E-state index is 14.7. The van der Waals surface area contributed by atoms with E-state index in [2.05, 4.69) is 25.5 Å². The summed E-state index contributed by atoms with van der Waals surface area (Å²) in [6.07, 6.45) is 1.04. The van der Waals surface area contributed by atoms with Gasteiger partial charge in [0.15, 0.2) is 12.4 Å². The lowest BCUT2D eigenvalue weighted by Gasteiger charge is -2.31. The van der Waals surface area contributed by atoms with E-state index in [4.69, 9.17) is 9.47 Å². The van der Waals surface area contributed by atoms with Crippen LogP contribution in [0.15, 0.2) is 36.5 Å². The fraction of sp³-hybridized carbons (Fsp3) is 0.346. The molecule has 0 saturated heterocycles. The van der Waals surface area contributed by atoms with Gasteiger partial charge in [0.2, 0.25) is 5.95 Å². The van der Waals surface area contributed by atoms with Gasteiger partial charge in [-0.2, -0.15) is 0 Å². The highest BCUT2D eigenvalue weighted by Gasteiger charge is 2.28. The Balaban J connectivity index is 1.72. The predicted octanol–water partition coefficient (Wildman–Crippen LogP) is 3.57. The van der Waals surface area contributed by atoms with Gasteiger partial charge in [0.05, 0.1) is 19.0 Å². The van der Waals surface area contributed by atoms with Crippen LogP contribution in [-0.2, 0) is 11.3 Å². The van der Waals surface area contributed by atoms with E-state index in [1.807, 2.05) is 27.1 Å². The smallest absolute Gasteiger partial charge is 0.265 e. The zero-order valence-electron chi connectivity index (χ0n) is 21.3. The molecule has 1 aliphatic rings. The van der Waals surface area contributed by atoms with Crippen LogP contribution in [0.25, 0.3) is 11.3 Å². The molecule has 0 fully saturated rings. The molecule has 196 valence electrons. The Kier molecular flexibility index (Phi) is 8.14. The van der Waals surface area contributed by atoms with E-state index in [9.17, 15) is 13.6 Å². The standard InChI is InChI=1S/C26H30F2N6O3/c1-5-34-21-12-18(10-16(14-33(3)9-8-29-2)25(21)37-15-23(34)35)31-26-30-13-20(28)24(32-26)19-7-6-17(27)11-22(19)36-4/h6-7,10-13,29H,5,8-9,14-15H2,1-4H3,(H,30,31,32). The normalized spacial score (nSPS) is 12.9. The SMILES string of the molecule is CCN1C(=O)COc2c(CN(C)CCNC)cc(Nc3ncc(F)c(-c4ccc(F)cc4OC)n3)cc21. The fourth-order valence-electron chi connectivity index (χ4n) is 4.20. The first kappa shape index (κ1) is 26.2. The van der Waals surface area contributed by atoms with Gasteiger partial charge in [0.25, 0.3) is 5.91 Å². The topological polar surface area (TPSA) is 91.9 Å². The van der Waals surface area contributed by atoms with Crippen LogP contribution in [0.5, 0.6) is 11.5 Å². The fourth-order valence-corrected chi connectivity index (χ4v) is 4.20. The number of amides is 1. The summed E-state index contributed by atoms with van der Waals surface area (Å²) in [4.78, 5) is 24.7. The monoisotopic (exact) mass is 512 g/mol. The van der Waals surface area contributed by atoms with Crippen LogP contribution in [0, 0.1) is 11.6 Å². The Bertz CT molecular complexity index is 1290. The molecule has 37 heavy (non-hydrogen) atoms. The number of halogens is 2. The van der Waals surface area contributed by atoms with Crippen molar-refractivity contribution >= 4 is 23.2 Å². The molecular weight excluding hydrogens is 482 g/mol. The summed E-state index contributed by atoms with van der Waals surface area (Å²) in [6.45, 7) is 4.56. The van der Waals surface area contributed by atoms with Crippen molar-refractivity contribution in [3.8, 4) is 22.8 Å². The number of nitrogens with zero attached hydrogens (tertiary/aromatic N) is 4. The van der Waals surface area contributed by atoms with Gasteiger partial charge in [-0.1, -0.05) is 0 Å². The number of carbonyl (C=O) groups is 1. The molecule has 0 spiro atoms. The number of anilines is 3. The molecule has 0 aliphatic carbocycles. The molecule has 0 bridgehead atoms. The lowest BCUT2D eigenvalue weighted by molar-refractivity contribution is -0.121. The van der Waals surface area contributed by atoms with Crippen LogP contribution in [0.4, 0.5) is 26.1 Å². The van der Waals surface area contributed by atoms with Crippen molar-refractivity contribution in [2.45, 2.75) is 13.5 Å². The van der Waals surface area contributed by atoms with Gasteiger partial charge in [-0.25, -0.2) is 18.7 Å². The summed E-state index contributed by atoms with van der Waals surface area (Å²) in [5.41, 5.74) is 2.39. The quantitative estimate of drug-likeness (QED) is 0.426. The number of rotatable bonds is 10. The van der Waals surface area contributed by atoms with Gasteiger partial charge in [-0.05, 0) is 45.3 Å². The lowest BCUT2D eigenvalue weighted by atomic mass is 10.1. The molecule has 2 N–H and O–H groups in total. The molecular formula is C26H30F2N6O3. The largest absolute Gasteiger partial charge is 0.496 e. The third-order valence-corrected chi connectivity index (χ3v) is 6.00. The summed E-state index contributed by atoms with van der Waals surface area (Å²) < 4.78 is 39.5. The van der Waals surface area contributed by atoms with Crippen LogP contribution in [0.3, 0.4) is 0 Å². The number of carbonyl (C=O) groups excluding carboxylic acids is 1. The Morgan fingerprint density at radius 2 is 2.05 bits per heavy atom. The number of likely N-dealkylation sites (N-methyl/N-ethyl adjacent to an activating group) is 3. The molecule has 0 saturated carbocycles. The average Bonchev–Trinajstić information content (AvgIpc) is 2.88. The van der Waals surface area contributed by atoms with Crippen molar-refractivity contribution in [1.29, 1.82) is 0 Å². The van der Waals surface area contributed by atoms with Crippen molar-refractivity contribution in [1.82, 2.24) is 20.2 Å². The van der Waals surface area contributed by atoms with Crippen molar-refractivity contribution < 1.29 is 23.0 Å². The van der Waals surface area contributed by atoms with Crippen LogP contribution in [0.1, 0.15) is 12.5 Å². The molecule has 2 aromatic carbocycles. The summed E-state index contributed by atoms with van der Waals surface area (Å²) in [5, 5.41) is 6.26. The number of hydrogen-bond donors (Lipinski definition) is 2. The molecule has 4 rings (SSSR count). The number of ether oxygens (including phenoxy) is 2. The first-order valence-electron chi connectivity index (χ1n) is 11.9. The highest BCUT2D eigenvalue weighted by Crippen LogP contribution is 2.39. The van der Waals surface area contributed by atoms with Crippen LogP contribution in [-0.4, -0.2) is 68.2 Å². The van der Waals surface area contributed by atoms with Crippen molar-refractivity contribution in [3.05, 3.63) is 53.7 Å². The zero-order chi connectivity index (χ0) is 26.5. The number of nitrogens with one attached hydrogen (secondary N) is 2. The van der Waals surface area contributed by atoms with Gasteiger partial charge in [0.1, 0.15) is 23.0 Å². The van der Waals surface area contributed by atoms with E-state index in [0.29, 0.717) is 35.8 Å². The second kappa shape index (κ2) is 11.5. The Hall–Kier alpha value is -3.83. The minimum atomic E-state index is -0.677. The molecule has 11 heteroatoms. The Morgan fingerprint density at radius 1 is 1.24 bits per heavy atom. The molecule has 0 atom stereocenters. The second-order valence-corrected chi connectivity index (χ2v) is 8.61. The second-order valence-electron chi connectivity index (χ2n) is 8.61. The van der Waals surface area contributed by atoms with Gasteiger partial charge in [0, 0.05) is 49.1 Å². The molecule has 1 aromatic heterocycles. The number of methoxy groups -OCH3 is 1. The number of benzene rings is 2. The van der Waals surface area contributed by atoms with E-state index in [1.54, 1.807) is 11.0 Å². The summed E-state index contributed by atoms with van der Waals surface area (Å²) in [6, 6.07) is 7.48. The van der Waals surface area contributed by atoms with E-state index < -0.39 is 11.6 Å². The van der Waals surface area contributed by atoms with Crippen molar-refractivity contribution in [2.75, 3.05) is 57.7 Å². The first-order chi connectivity index (χ1) is 17.8. The third kappa shape index (κ3) is 5.78. The van der Waals surface area contributed by atoms with Gasteiger partial charge < -0.3 is 29.9 Å². The average molecular weight is 513 g/mol. The maximum atomic E-state index is 14.7. The highest BCUT2D eigenvalue weighted by molar-refractivity contribution is 5.99. The van der Waals surface area contributed by atoms with E-state index in [1.165, 1.54) is 25.3 Å². The summed E-state index contributed by atoms with van der Waals surface area (Å²) in [5.74, 6) is -0.386. The lowest BCUT2D eigenvalue weighted by Crippen LogP contribution is -2.39. The van der Waals surface area contributed by atoms with Crippen LogP contribution in [0.2, 0.25) is 0 Å². The first-order valence-corrected chi connectivity index (χ1v) is 11.9. The highest BCUT2D eigenvalue weighted by atomic mass is 19.1. The molecule has 1 aliphatic heterocycles. The molecule has 1 amide bonds. The number of hydrogen-bond acceptors (Lipinski definition) is 8. The van der Waals surface area contributed by atoms with Gasteiger partial charge in [-0.15, -0.1) is 0 Å². The molecule has 0 radical (unpaired) electrons. The van der Waals surface area contributed by atoms with E-state index in [0.717, 1.165) is 24.8 Å². The summed E-state index contributed by atoms with van der Waals surface area (Å²) >= 11 is 0. The maximum Gasteiger partial charge on any atom is 0.265 e. The van der Waals surface area contributed by atoms with Gasteiger partial charge in [-0.3, -0.25) is 4.79 Å². The van der Waals surface area contributed by atoms with Gasteiger partial charge >= 0.3 is 0 Å². The minimum Gasteiger partial charge on any atom is -0.496 e. The Morgan fingerprint density at radius 3 is 2.78 bits per heavy atom. The minimum absolute atomic E-state index is 0.0230. The van der Waals surface area contributed by atoms with E-state index >= 15 is 0 Å². The van der Waals surface area contributed by atoms with Crippen LogP contribution < -0.4 is 25.0 Å². The molecule has 2 heterocycles. The third-order valence-electron chi connectivity index (χ3n) is 6.00. The number of aromatic nitrogens is 2. The number of fused-ring (bicyclic) bond motifs is 1. The molecule has 9 nitrogen and oxygen atoms in total. The van der Waals surface area contributed by atoms with E-state index in [-0.39, 0.29) is 29.9 Å². The van der Waals surface area contributed by atoms with Crippen molar-refractivity contribution in [2.24, 2.45) is 0 Å².